The van der Waals surface area contributed by atoms with Crippen LogP contribution in [0.15, 0.2) is 29.6 Å². The summed E-state index contributed by atoms with van der Waals surface area (Å²) in [6.07, 6.45) is 2.19. The van der Waals surface area contributed by atoms with Gasteiger partial charge in [0.2, 0.25) is 0 Å². The second-order valence-corrected chi connectivity index (χ2v) is 5.85. The van der Waals surface area contributed by atoms with E-state index in [-0.39, 0.29) is 0 Å². The van der Waals surface area contributed by atoms with Crippen LogP contribution in [0.2, 0.25) is 0 Å². The van der Waals surface area contributed by atoms with Crippen LogP contribution < -0.4 is 5.32 Å². The number of benzene rings is 1. The number of nitrogens with one attached hydrogen (secondary N) is 1. The molecule has 0 fully saturated rings. The number of nitrogens with zero attached hydrogens (tertiary/aromatic N) is 1. The third kappa shape index (κ3) is 3.64. The molecule has 0 saturated heterocycles. The maximum Gasteiger partial charge on any atom is 0.0945 e. The predicted molar refractivity (Wildman–Crippen MR) is 83.9 cm³/mol. The van der Waals surface area contributed by atoms with Gasteiger partial charge in [0.05, 0.1) is 10.7 Å². The highest BCUT2D eigenvalue weighted by molar-refractivity contribution is 7.09. The summed E-state index contributed by atoms with van der Waals surface area (Å²) in [6, 6.07) is 8.85. The number of hydrogen-bond donors (Lipinski definition) is 1. The van der Waals surface area contributed by atoms with E-state index in [2.05, 4.69) is 48.8 Å². The molecule has 19 heavy (non-hydrogen) atoms. The Bertz CT molecular complexity index is 502. The standard InChI is InChI=1S/C16H22N2S/c1-4-12(2)13-5-7-14(8-6-13)15-11-19-16(18-15)9-10-17-3/h5-8,11-12,17H,4,9-10H2,1-3H3. The largest absolute Gasteiger partial charge is 0.319 e. The van der Waals surface area contributed by atoms with Crippen molar-refractivity contribution >= 4 is 11.3 Å². The Kier molecular flexibility index (Phi) is 5.11. The molecule has 1 aromatic heterocycles. The van der Waals surface area contributed by atoms with Gasteiger partial charge >= 0.3 is 0 Å². The second-order valence-electron chi connectivity index (χ2n) is 4.91. The van der Waals surface area contributed by atoms with Crippen molar-refractivity contribution in [3.8, 4) is 11.3 Å². The molecule has 0 saturated carbocycles. The molecule has 2 aromatic rings. The van der Waals surface area contributed by atoms with E-state index in [1.807, 2.05) is 7.05 Å². The molecule has 1 unspecified atom stereocenters. The molecule has 1 aromatic carbocycles. The van der Waals surface area contributed by atoms with Crippen molar-refractivity contribution < 1.29 is 0 Å². The van der Waals surface area contributed by atoms with E-state index >= 15 is 0 Å². The first kappa shape index (κ1) is 14.2. The molecule has 1 heterocycles. The normalized spacial score (nSPS) is 12.6. The van der Waals surface area contributed by atoms with E-state index in [0.29, 0.717) is 5.92 Å². The minimum atomic E-state index is 0.635. The lowest BCUT2D eigenvalue weighted by molar-refractivity contribution is 0.734. The number of aromatic nitrogens is 1. The van der Waals surface area contributed by atoms with Crippen molar-refractivity contribution in [3.05, 3.63) is 40.2 Å². The molecule has 0 aliphatic rings. The first-order chi connectivity index (χ1) is 9.24. The molecule has 1 atom stereocenters. The Hall–Kier alpha value is -1.19. The molecule has 0 radical (unpaired) electrons. The van der Waals surface area contributed by atoms with E-state index in [1.165, 1.54) is 22.6 Å². The van der Waals surface area contributed by atoms with E-state index in [9.17, 15) is 0 Å². The monoisotopic (exact) mass is 274 g/mol. The first-order valence-electron chi connectivity index (χ1n) is 6.94. The topological polar surface area (TPSA) is 24.9 Å². The summed E-state index contributed by atoms with van der Waals surface area (Å²) in [7, 11) is 1.97. The minimum Gasteiger partial charge on any atom is -0.319 e. The van der Waals surface area contributed by atoms with Crippen molar-refractivity contribution in [1.82, 2.24) is 10.3 Å². The SMILES string of the molecule is CCC(C)c1ccc(-c2csc(CCNC)n2)cc1. The van der Waals surface area contributed by atoms with Gasteiger partial charge in [0.15, 0.2) is 0 Å². The van der Waals surface area contributed by atoms with Crippen molar-refractivity contribution in [1.29, 1.82) is 0 Å². The summed E-state index contributed by atoms with van der Waals surface area (Å²) < 4.78 is 0. The smallest absolute Gasteiger partial charge is 0.0945 e. The maximum atomic E-state index is 4.69. The Morgan fingerprint density at radius 1 is 1.26 bits per heavy atom. The van der Waals surface area contributed by atoms with Crippen LogP contribution in [-0.2, 0) is 6.42 Å². The summed E-state index contributed by atoms with van der Waals surface area (Å²) in [4.78, 5) is 4.69. The molecule has 0 aliphatic carbocycles. The Morgan fingerprint density at radius 3 is 2.63 bits per heavy atom. The number of rotatable bonds is 6. The lowest BCUT2D eigenvalue weighted by atomic mass is 9.97. The van der Waals surface area contributed by atoms with E-state index in [0.717, 1.165) is 18.7 Å². The highest BCUT2D eigenvalue weighted by atomic mass is 32.1. The minimum absolute atomic E-state index is 0.635. The quantitative estimate of drug-likeness (QED) is 0.858. The highest BCUT2D eigenvalue weighted by Crippen LogP contribution is 2.25. The van der Waals surface area contributed by atoms with Crippen LogP contribution in [0.5, 0.6) is 0 Å². The molecule has 3 heteroatoms. The van der Waals surface area contributed by atoms with Crippen molar-refractivity contribution in [2.24, 2.45) is 0 Å². The summed E-state index contributed by atoms with van der Waals surface area (Å²) in [5.41, 5.74) is 3.74. The van der Waals surface area contributed by atoms with E-state index in [1.54, 1.807) is 11.3 Å². The first-order valence-corrected chi connectivity index (χ1v) is 7.82. The molecule has 1 N–H and O–H groups in total. The van der Waals surface area contributed by atoms with Gasteiger partial charge in [0.25, 0.3) is 0 Å². The molecular weight excluding hydrogens is 252 g/mol. The van der Waals surface area contributed by atoms with Crippen molar-refractivity contribution in [3.63, 3.8) is 0 Å². The number of likely N-dealkylation sites (N-methyl/N-ethyl adjacent to an activating group) is 1. The third-order valence-electron chi connectivity index (χ3n) is 3.53. The fourth-order valence-corrected chi connectivity index (χ4v) is 2.82. The van der Waals surface area contributed by atoms with Gasteiger partial charge in [-0.3, -0.25) is 0 Å². The molecule has 0 aliphatic heterocycles. The average molecular weight is 274 g/mol. The van der Waals surface area contributed by atoms with E-state index in [4.69, 9.17) is 4.98 Å². The fraction of sp³-hybridized carbons (Fsp3) is 0.438. The summed E-state index contributed by atoms with van der Waals surface area (Å²) >= 11 is 1.75. The van der Waals surface area contributed by atoms with Gasteiger partial charge in [-0.2, -0.15) is 0 Å². The average Bonchev–Trinajstić information content (AvgIpc) is 2.93. The van der Waals surface area contributed by atoms with Gasteiger partial charge in [-0.05, 0) is 24.9 Å². The van der Waals surface area contributed by atoms with Crippen LogP contribution in [0.3, 0.4) is 0 Å². The van der Waals surface area contributed by atoms with Crippen LogP contribution in [0.4, 0.5) is 0 Å². The Morgan fingerprint density at radius 2 is 2.00 bits per heavy atom. The highest BCUT2D eigenvalue weighted by Gasteiger charge is 2.06. The van der Waals surface area contributed by atoms with Gasteiger partial charge in [-0.15, -0.1) is 11.3 Å². The van der Waals surface area contributed by atoms with Gasteiger partial charge in [-0.1, -0.05) is 38.1 Å². The van der Waals surface area contributed by atoms with Crippen LogP contribution in [0.1, 0.15) is 36.8 Å². The summed E-state index contributed by atoms with van der Waals surface area (Å²) in [6.45, 7) is 5.49. The molecule has 2 nitrogen and oxygen atoms in total. The predicted octanol–water partition coefficient (Wildman–Crippen LogP) is 4.09. The van der Waals surface area contributed by atoms with Gasteiger partial charge in [0.1, 0.15) is 0 Å². The van der Waals surface area contributed by atoms with E-state index < -0.39 is 0 Å². The molecule has 2 rings (SSSR count). The lowest BCUT2D eigenvalue weighted by Crippen LogP contribution is -2.09. The lowest BCUT2D eigenvalue weighted by Gasteiger charge is -2.08. The van der Waals surface area contributed by atoms with Crippen LogP contribution in [-0.4, -0.2) is 18.6 Å². The van der Waals surface area contributed by atoms with Crippen LogP contribution >= 0.6 is 11.3 Å². The molecule has 102 valence electrons. The van der Waals surface area contributed by atoms with Crippen LogP contribution in [0, 0.1) is 0 Å². The fourth-order valence-electron chi connectivity index (χ4n) is 2.01. The molecule has 0 spiro atoms. The zero-order valence-electron chi connectivity index (χ0n) is 11.9. The maximum absolute atomic E-state index is 4.69. The van der Waals surface area contributed by atoms with Gasteiger partial charge < -0.3 is 5.32 Å². The zero-order chi connectivity index (χ0) is 13.7. The summed E-state index contributed by atoms with van der Waals surface area (Å²) in [5, 5.41) is 6.52. The Labute approximate surface area is 119 Å². The summed E-state index contributed by atoms with van der Waals surface area (Å²) in [5.74, 6) is 0.635. The number of thiazole rings is 1. The van der Waals surface area contributed by atoms with Gasteiger partial charge in [0, 0.05) is 23.9 Å². The number of hydrogen-bond acceptors (Lipinski definition) is 3. The molecular formula is C16H22N2S. The zero-order valence-corrected chi connectivity index (χ0v) is 12.8. The van der Waals surface area contributed by atoms with Gasteiger partial charge in [-0.25, -0.2) is 4.98 Å². The second kappa shape index (κ2) is 6.83. The molecule has 0 amide bonds. The molecule has 0 bridgehead atoms. The van der Waals surface area contributed by atoms with Crippen molar-refractivity contribution in [2.45, 2.75) is 32.6 Å². The Balaban J connectivity index is 2.11. The van der Waals surface area contributed by atoms with Crippen molar-refractivity contribution in [2.75, 3.05) is 13.6 Å². The van der Waals surface area contributed by atoms with Crippen LogP contribution in [0.25, 0.3) is 11.3 Å². The third-order valence-corrected chi connectivity index (χ3v) is 4.44.